The molecule has 1 fully saturated rings. The minimum Gasteiger partial charge on any atom is -0.374 e. The number of carbonyl (C=O) groups excluding carboxylic acids is 1. The Morgan fingerprint density at radius 1 is 1.35 bits per heavy atom. The van der Waals surface area contributed by atoms with Crippen molar-refractivity contribution in [1.82, 2.24) is 0 Å². The second-order valence-corrected chi connectivity index (χ2v) is 5.78. The highest BCUT2D eigenvalue weighted by atomic mass is 16.1. The van der Waals surface area contributed by atoms with Crippen LogP contribution in [-0.4, -0.2) is 19.4 Å². The highest BCUT2D eigenvalue weighted by Crippen LogP contribution is 2.28. The molecule has 0 unspecified atom stereocenters. The number of nitrogens with zero attached hydrogens (tertiary/aromatic N) is 2. The van der Waals surface area contributed by atoms with Crippen molar-refractivity contribution in [3.63, 3.8) is 0 Å². The van der Waals surface area contributed by atoms with Gasteiger partial charge in [-0.2, -0.15) is 5.26 Å². The maximum absolute atomic E-state index is 11.8. The van der Waals surface area contributed by atoms with Gasteiger partial charge >= 0.3 is 0 Å². The van der Waals surface area contributed by atoms with Gasteiger partial charge in [-0.3, -0.25) is 4.79 Å². The SMILES string of the molecule is CC(=O)c1ccc(C#N)cc1N(C)CC1CCCCC1. The van der Waals surface area contributed by atoms with Crippen molar-refractivity contribution in [3.05, 3.63) is 29.3 Å². The minimum atomic E-state index is 0.0555. The van der Waals surface area contributed by atoms with E-state index in [9.17, 15) is 4.79 Å². The van der Waals surface area contributed by atoms with Crippen LogP contribution in [0.15, 0.2) is 18.2 Å². The summed E-state index contributed by atoms with van der Waals surface area (Å²) in [6.45, 7) is 2.55. The molecular weight excluding hydrogens is 248 g/mol. The van der Waals surface area contributed by atoms with Gasteiger partial charge in [-0.05, 0) is 43.9 Å². The summed E-state index contributed by atoms with van der Waals surface area (Å²) >= 11 is 0. The third kappa shape index (κ3) is 3.39. The molecule has 1 aliphatic carbocycles. The molecule has 106 valence electrons. The molecule has 0 bridgehead atoms. The normalized spacial score (nSPS) is 15.7. The first-order valence-corrected chi connectivity index (χ1v) is 7.38. The Morgan fingerprint density at radius 3 is 2.65 bits per heavy atom. The molecule has 1 aliphatic rings. The molecule has 0 saturated heterocycles. The molecule has 2 rings (SSSR count). The molecule has 0 aliphatic heterocycles. The lowest BCUT2D eigenvalue weighted by Crippen LogP contribution is -2.28. The van der Waals surface area contributed by atoms with Gasteiger partial charge in [0, 0.05) is 24.8 Å². The van der Waals surface area contributed by atoms with Gasteiger partial charge < -0.3 is 4.90 Å². The fraction of sp³-hybridized carbons (Fsp3) is 0.529. The molecule has 0 atom stereocenters. The Morgan fingerprint density at radius 2 is 2.05 bits per heavy atom. The quantitative estimate of drug-likeness (QED) is 0.782. The number of ketones is 1. The summed E-state index contributed by atoms with van der Waals surface area (Å²) in [7, 11) is 2.03. The topological polar surface area (TPSA) is 44.1 Å². The molecule has 0 radical (unpaired) electrons. The largest absolute Gasteiger partial charge is 0.374 e. The average molecular weight is 270 g/mol. The maximum atomic E-state index is 11.8. The van der Waals surface area contributed by atoms with Crippen LogP contribution in [0.3, 0.4) is 0 Å². The number of carbonyl (C=O) groups is 1. The lowest BCUT2D eigenvalue weighted by molar-refractivity contribution is 0.101. The van der Waals surface area contributed by atoms with Crippen LogP contribution in [0.1, 0.15) is 54.9 Å². The highest BCUT2D eigenvalue weighted by Gasteiger charge is 2.18. The highest BCUT2D eigenvalue weighted by molar-refractivity contribution is 6.00. The summed E-state index contributed by atoms with van der Waals surface area (Å²) < 4.78 is 0. The Bertz CT molecular complexity index is 524. The van der Waals surface area contributed by atoms with Gasteiger partial charge in [-0.15, -0.1) is 0 Å². The van der Waals surface area contributed by atoms with E-state index in [0.717, 1.165) is 12.2 Å². The van der Waals surface area contributed by atoms with Crippen LogP contribution < -0.4 is 4.90 Å². The van der Waals surface area contributed by atoms with Crippen LogP contribution >= 0.6 is 0 Å². The van der Waals surface area contributed by atoms with E-state index in [2.05, 4.69) is 11.0 Å². The lowest BCUT2D eigenvalue weighted by Gasteiger charge is -2.29. The summed E-state index contributed by atoms with van der Waals surface area (Å²) in [5.74, 6) is 0.763. The fourth-order valence-electron chi connectivity index (χ4n) is 3.07. The van der Waals surface area contributed by atoms with Gasteiger partial charge in [-0.1, -0.05) is 19.3 Å². The number of anilines is 1. The van der Waals surface area contributed by atoms with Crippen LogP contribution in [0, 0.1) is 17.2 Å². The van der Waals surface area contributed by atoms with E-state index in [0.29, 0.717) is 17.0 Å². The van der Waals surface area contributed by atoms with Crippen LogP contribution in [0.25, 0.3) is 0 Å². The second-order valence-electron chi connectivity index (χ2n) is 5.78. The molecule has 1 aromatic rings. The number of hydrogen-bond acceptors (Lipinski definition) is 3. The van der Waals surface area contributed by atoms with E-state index < -0.39 is 0 Å². The Hall–Kier alpha value is -1.82. The summed E-state index contributed by atoms with van der Waals surface area (Å²) in [4.78, 5) is 13.9. The van der Waals surface area contributed by atoms with Crippen molar-refractivity contribution in [2.75, 3.05) is 18.5 Å². The number of rotatable bonds is 4. The first kappa shape index (κ1) is 14.6. The van der Waals surface area contributed by atoms with Crippen LogP contribution in [-0.2, 0) is 0 Å². The number of benzene rings is 1. The van der Waals surface area contributed by atoms with Gasteiger partial charge in [0.25, 0.3) is 0 Å². The molecule has 20 heavy (non-hydrogen) atoms. The molecule has 0 heterocycles. The second kappa shape index (κ2) is 6.56. The van der Waals surface area contributed by atoms with Gasteiger partial charge in [0.1, 0.15) is 0 Å². The van der Waals surface area contributed by atoms with E-state index in [1.54, 1.807) is 19.1 Å². The van der Waals surface area contributed by atoms with E-state index >= 15 is 0 Å². The summed E-state index contributed by atoms with van der Waals surface area (Å²) in [5, 5.41) is 9.04. The van der Waals surface area contributed by atoms with E-state index in [1.165, 1.54) is 32.1 Å². The summed E-state index contributed by atoms with van der Waals surface area (Å²) in [6.07, 6.45) is 6.53. The Balaban J connectivity index is 2.20. The van der Waals surface area contributed by atoms with E-state index in [-0.39, 0.29) is 5.78 Å². The molecule has 3 heteroatoms. The van der Waals surface area contributed by atoms with Crippen LogP contribution in [0.2, 0.25) is 0 Å². The zero-order valence-corrected chi connectivity index (χ0v) is 12.4. The molecule has 3 nitrogen and oxygen atoms in total. The maximum Gasteiger partial charge on any atom is 0.161 e. The van der Waals surface area contributed by atoms with Gasteiger partial charge in [0.2, 0.25) is 0 Å². The number of nitriles is 1. The van der Waals surface area contributed by atoms with Gasteiger partial charge in [-0.25, -0.2) is 0 Å². The number of Topliss-reactive ketones (excluding diaryl/α,β-unsaturated/α-hetero) is 1. The first-order valence-electron chi connectivity index (χ1n) is 7.38. The van der Waals surface area contributed by atoms with Gasteiger partial charge in [0.15, 0.2) is 5.78 Å². The zero-order valence-electron chi connectivity index (χ0n) is 12.4. The van der Waals surface area contributed by atoms with E-state index in [1.807, 2.05) is 13.1 Å². The summed E-state index contributed by atoms with van der Waals surface area (Å²) in [5.41, 5.74) is 2.21. The fourth-order valence-corrected chi connectivity index (χ4v) is 3.07. The third-order valence-corrected chi connectivity index (χ3v) is 4.17. The average Bonchev–Trinajstić information content (AvgIpc) is 2.47. The van der Waals surface area contributed by atoms with E-state index in [4.69, 9.17) is 5.26 Å². The lowest BCUT2D eigenvalue weighted by atomic mass is 9.89. The Kier molecular flexibility index (Phi) is 4.79. The molecule has 1 saturated carbocycles. The predicted molar refractivity (Wildman–Crippen MR) is 81.0 cm³/mol. The molecule has 0 aromatic heterocycles. The predicted octanol–water partition coefficient (Wildman–Crippen LogP) is 3.78. The van der Waals surface area contributed by atoms with Gasteiger partial charge in [0.05, 0.1) is 11.6 Å². The zero-order chi connectivity index (χ0) is 14.5. The molecular formula is C17H22N2O. The molecule has 1 aromatic carbocycles. The van der Waals surface area contributed by atoms with Crippen molar-refractivity contribution in [2.24, 2.45) is 5.92 Å². The third-order valence-electron chi connectivity index (χ3n) is 4.17. The number of hydrogen-bond donors (Lipinski definition) is 0. The Labute approximate surface area is 121 Å². The minimum absolute atomic E-state index is 0.0555. The van der Waals surface area contributed by atoms with Crippen LogP contribution in [0.5, 0.6) is 0 Å². The summed E-state index contributed by atoms with van der Waals surface area (Å²) in [6, 6.07) is 7.48. The van der Waals surface area contributed by atoms with Crippen molar-refractivity contribution in [1.29, 1.82) is 5.26 Å². The smallest absolute Gasteiger partial charge is 0.161 e. The van der Waals surface area contributed by atoms with Crippen molar-refractivity contribution in [2.45, 2.75) is 39.0 Å². The standard InChI is InChI=1S/C17H22N2O/c1-13(20)16-9-8-15(11-18)10-17(16)19(2)12-14-6-4-3-5-7-14/h8-10,14H,3-7,12H2,1-2H3. The monoisotopic (exact) mass is 270 g/mol. The van der Waals surface area contributed by atoms with Crippen molar-refractivity contribution < 1.29 is 4.79 Å². The van der Waals surface area contributed by atoms with Crippen molar-refractivity contribution in [3.8, 4) is 6.07 Å². The molecule has 0 N–H and O–H groups in total. The van der Waals surface area contributed by atoms with Crippen LogP contribution in [0.4, 0.5) is 5.69 Å². The molecule has 0 spiro atoms. The molecule has 0 amide bonds. The van der Waals surface area contributed by atoms with Crippen molar-refractivity contribution >= 4 is 11.5 Å². The first-order chi connectivity index (χ1) is 9.61.